The molecular weight excluding hydrogens is 264 g/mol. The molecule has 118 valence electrons. The lowest BCUT2D eigenvalue weighted by atomic mass is 9.94. The van der Waals surface area contributed by atoms with E-state index < -0.39 is 0 Å². The lowest BCUT2D eigenvalue weighted by Crippen LogP contribution is -2.38. The Morgan fingerprint density at radius 1 is 1.33 bits per heavy atom. The lowest BCUT2D eigenvalue weighted by Gasteiger charge is -2.37. The molecule has 1 atom stereocenters. The SMILES string of the molecule is COc1ccc(C(C)N2CCC(CN(C)C)CC2)c(O)c1. The Hall–Kier alpha value is -1.26. The Morgan fingerprint density at radius 2 is 2.00 bits per heavy atom. The van der Waals surface area contributed by atoms with Crippen molar-refractivity contribution in [2.45, 2.75) is 25.8 Å². The van der Waals surface area contributed by atoms with Crippen LogP contribution in [0.25, 0.3) is 0 Å². The fraction of sp³-hybridized carbons (Fsp3) is 0.647. The van der Waals surface area contributed by atoms with Gasteiger partial charge in [0.1, 0.15) is 11.5 Å². The summed E-state index contributed by atoms with van der Waals surface area (Å²) in [5.74, 6) is 1.83. The molecule has 1 saturated heterocycles. The van der Waals surface area contributed by atoms with Gasteiger partial charge in [0.2, 0.25) is 0 Å². The third kappa shape index (κ3) is 4.11. The van der Waals surface area contributed by atoms with Crippen molar-refractivity contribution in [1.29, 1.82) is 0 Å². The number of piperidine rings is 1. The van der Waals surface area contributed by atoms with E-state index >= 15 is 0 Å². The molecule has 1 unspecified atom stereocenters. The van der Waals surface area contributed by atoms with E-state index in [9.17, 15) is 5.11 Å². The molecule has 1 aromatic rings. The Kier molecular flexibility index (Phi) is 5.48. The van der Waals surface area contributed by atoms with Crippen molar-refractivity contribution in [3.63, 3.8) is 0 Å². The smallest absolute Gasteiger partial charge is 0.124 e. The van der Waals surface area contributed by atoms with E-state index in [1.807, 2.05) is 12.1 Å². The van der Waals surface area contributed by atoms with Gasteiger partial charge in [-0.2, -0.15) is 0 Å². The van der Waals surface area contributed by atoms with Crippen molar-refractivity contribution < 1.29 is 9.84 Å². The molecule has 21 heavy (non-hydrogen) atoms. The summed E-state index contributed by atoms with van der Waals surface area (Å²) in [6.07, 6.45) is 2.47. The summed E-state index contributed by atoms with van der Waals surface area (Å²) in [5.41, 5.74) is 0.988. The van der Waals surface area contributed by atoms with Crippen LogP contribution in [0.3, 0.4) is 0 Å². The van der Waals surface area contributed by atoms with Crippen molar-refractivity contribution in [2.24, 2.45) is 5.92 Å². The zero-order valence-electron chi connectivity index (χ0n) is 13.7. The van der Waals surface area contributed by atoms with Gasteiger partial charge in [0.05, 0.1) is 7.11 Å². The van der Waals surface area contributed by atoms with E-state index in [-0.39, 0.29) is 6.04 Å². The van der Waals surface area contributed by atoms with Gasteiger partial charge in [0.25, 0.3) is 0 Å². The van der Waals surface area contributed by atoms with Gasteiger partial charge in [-0.05, 0) is 58.9 Å². The topological polar surface area (TPSA) is 35.9 Å². The van der Waals surface area contributed by atoms with Crippen molar-refractivity contribution in [1.82, 2.24) is 9.80 Å². The average Bonchev–Trinajstić information content (AvgIpc) is 2.46. The summed E-state index contributed by atoms with van der Waals surface area (Å²) in [6, 6.07) is 5.84. The van der Waals surface area contributed by atoms with Crippen LogP contribution in [0.1, 0.15) is 31.4 Å². The number of hydrogen-bond acceptors (Lipinski definition) is 4. The Labute approximate surface area is 128 Å². The van der Waals surface area contributed by atoms with E-state index in [2.05, 4.69) is 30.8 Å². The average molecular weight is 292 g/mol. The highest BCUT2D eigenvalue weighted by atomic mass is 16.5. The third-order valence-corrected chi connectivity index (χ3v) is 4.51. The molecule has 4 heteroatoms. The van der Waals surface area contributed by atoms with Gasteiger partial charge in [-0.15, -0.1) is 0 Å². The highest BCUT2D eigenvalue weighted by Crippen LogP contribution is 2.33. The fourth-order valence-electron chi connectivity index (χ4n) is 3.24. The summed E-state index contributed by atoms with van der Waals surface area (Å²) >= 11 is 0. The van der Waals surface area contributed by atoms with Crippen molar-refractivity contribution in [3.8, 4) is 11.5 Å². The van der Waals surface area contributed by atoms with Crippen molar-refractivity contribution >= 4 is 0 Å². The van der Waals surface area contributed by atoms with Crippen LogP contribution < -0.4 is 4.74 Å². The first-order valence-electron chi connectivity index (χ1n) is 7.77. The molecule has 1 fully saturated rings. The zero-order chi connectivity index (χ0) is 15.4. The molecule has 0 aromatic heterocycles. The number of likely N-dealkylation sites (tertiary alicyclic amines) is 1. The zero-order valence-corrected chi connectivity index (χ0v) is 13.7. The minimum Gasteiger partial charge on any atom is -0.507 e. The van der Waals surface area contributed by atoms with Crippen molar-refractivity contribution in [3.05, 3.63) is 23.8 Å². The number of benzene rings is 1. The van der Waals surface area contributed by atoms with Crippen LogP contribution in [0.4, 0.5) is 0 Å². The second-order valence-electron chi connectivity index (χ2n) is 6.34. The molecule has 0 saturated carbocycles. The van der Waals surface area contributed by atoms with Crippen molar-refractivity contribution in [2.75, 3.05) is 40.8 Å². The van der Waals surface area contributed by atoms with Crippen LogP contribution in [0.2, 0.25) is 0 Å². The summed E-state index contributed by atoms with van der Waals surface area (Å²) in [6.45, 7) is 5.56. The van der Waals surface area contributed by atoms with E-state index in [4.69, 9.17) is 4.74 Å². The normalized spacial score (nSPS) is 18.9. The number of aromatic hydroxyl groups is 1. The fourth-order valence-corrected chi connectivity index (χ4v) is 3.24. The number of ether oxygens (including phenoxy) is 1. The number of hydrogen-bond donors (Lipinski definition) is 1. The molecule has 0 amide bonds. The summed E-state index contributed by atoms with van der Waals surface area (Å²) in [7, 11) is 5.90. The Bertz CT molecular complexity index is 454. The standard InChI is InChI=1S/C17H28N2O2/c1-13(16-6-5-15(21-4)11-17(16)20)19-9-7-14(8-10-19)12-18(2)3/h5-6,11,13-14,20H,7-10,12H2,1-4H3. The maximum atomic E-state index is 10.2. The molecule has 4 nitrogen and oxygen atoms in total. The van der Waals surface area contributed by atoms with Gasteiger partial charge in [-0.1, -0.05) is 6.07 Å². The molecule has 2 rings (SSSR count). The second-order valence-corrected chi connectivity index (χ2v) is 6.34. The highest BCUT2D eigenvalue weighted by Gasteiger charge is 2.25. The van der Waals surface area contributed by atoms with Gasteiger partial charge in [0, 0.05) is 24.2 Å². The lowest BCUT2D eigenvalue weighted by molar-refractivity contribution is 0.126. The monoisotopic (exact) mass is 292 g/mol. The van der Waals surface area contributed by atoms with Gasteiger partial charge < -0.3 is 14.7 Å². The molecular formula is C17H28N2O2. The van der Waals surface area contributed by atoms with E-state index in [1.54, 1.807) is 13.2 Å². The van der Waals surface area contributed by atoms with Crippen LogP contribution in [0.15, 0.2) is 18.2 Å². The minimum atomic E-state index is 0.246. The largest absolute Gasteiger partial charge is 0.507 e. The van der Waals surface area contributed by atoms with E-state index in [1.165, 1.54) is 19.4 Å². The number of phenolic OH excluding ortho intramolecular Hbond substituents is 1. The molecule has 0 spiro atoms. The van der Waals surface area contributed by atoms with Crippen LogP contribution in [0, 0.1) is 5.92 Å². The predicted molar refractivity (Wildman–Crippen MR) is 85.9 cm³/mol. The van der Waals surface area contributed by atoms with Gasteiger partial charge >= 0.3 is 0 Å². The van der Waals surface area contributed by atoms with E-state index in [0.29, 0.717) is 11.5 Å². The number of nitrogens with zero attached hydrogens (tertiary/aromatic N) is 2. The summed E-state index contributed by atoms with van der Waals surface area (Å²) < 4.78 is 5.15. The van der Waals surface area contributed by atoms with Crippen LogP contribution >= 0.6 is 0 Å². The van der Waals surface area contributed by atoms with Crippen LogP contribution in [-0.2, 0) is 0 Å². The number of phenols is 1. The molecule has 1 aromatic carbocycles. The number of methoxy groups -OCH3 is 1. The summed E-state index contributed by atoms with van der Waals surface area (Å²) in [4.78, 5) is 4.74. The van der Waals surface area contributed by atoms with Crippen LogP contribution in [-0.4, -0.2) is 55.7 Å². The quantitative estimate of drug-likeness (QED) is 0.905. The third-order valence-electron chi connectivity index (χ3n) is 4.51. The highest BCUT2D eigenvalue weighted by molar-refractivity contribution is 5.41. The second kappa shape index (κ2) is 7.14. The molecule has 0 aliphatic carbocycles. The molecule has 1 heterocycles. The summed E-state index contributed by atoms with van der Waals surface area (Å²) in [5, 5.41) is 10.2. The first-order valence-corrected chi connectivity index (χ1v) is 7.77. The van der Waals surface area contributed by atoms with Crippen LogP contribution in [0.5, 0.6) is 11.5 Å². The predicted octanol–water partition coefficient (Wildman–Crippen LogP) is 2.74. The van der Waals surface area contributed by atoms with Gasteiger partial charge in [-0.3, -0.25) is 4.90 Å². The molecule has 1 N–H and O–H groups in total. The molecule has 0 bridgehead atoms. The van der Waals surface area contributed by atoms with Gasteiger partial charge in [0.15, 0.2) is 0 Å². The minimum absolute atomic E-state index is 0.246. The molecule has 0 radical (unpaired) electrons. The maximum absolute atomic E-state index is 10.2. The Balaban J connectivity index is 1.97. The molecule has 1 aliphatic heterocycles. The van der Waals surface area contributed by atoms with E-state index in [0.717, 1.165) is 24.6 Å². The van der Waals surface area contributed by atoms with Gasteiger partial charge in [-0.25, -0.2) is 0 Å². The Morgan fingerprint density at radius 3 is 2.52 bits per heavy atom. The molecule has 1 aliphatic rings. The number of rotatable bonds is 5. The maximum Gasteiger partial charge on any atom is 0.124 e. The first-order chi connectivity index (χ1) is 10.0. The first kappa shape index (κ1) is 16.1.